The molecule has 3 nitrogen and oxygen atoms in total. The van der Waals surface area contributed by atoms with Crippen LogP contribution in [0.5, 0.6) is 0 Å². The van der Waals surface area contributed by atoms with Crippen molar-refractivity contribution >= 4 is 34.2 Å². The molecular weight excluding hydrogens is 326 g/mol. The van der Waals surface area contributed by atoms with E-state index in [-0.39, 0.29) is 5.56 Å². The summed E-state index contributed by atoms with van der Waals surface area (Å²) >= 11 is 7.67. The fraction of sp³-hybridized carbons (Fsp3) is 0.600. The lowest BCUT2D eigenvalue weighted by Gasteiger charge is -2.07. The summed E-state index contributed by atoms with van der Waals surface area (Å²) in [6.45, 7) is 5.07. The maximum absolute atomic E-state index is 11.7. The molecule has 5 heteroatoms. The molecule has 0 radical (unpaired) electrons. The van der Waals surface area contributed by atoms with E-state index in [1.54, 1.807) is 4.57 Å². The summed E-state index contributed by atoms with van der Waals surface area (Å²) in [6.07, 6.45) is 3.63. The Kier molecular flexibility index (Phi) is 5.05. The number of hydrogen-bond acceptors (Lipinski definition) is 2. The van der Waals surface area contributed by atoms with Crippen molar-refractivity contribution in [1.82, 2.24) is 9.55 Å². The van der Waals surface area contributed by atoms with Crippen LogP contribution >= 0.6 is 34.2 Å². The van der Waals surface area contributed by atoms with Gasteiger partial charge in [-0.05, 0) is 41.4 Å². The van der Waals surface area contributed by atoms with Crippen molar-refractivity contribution in [2.75, 3.05) is 0 Å². The number of aromatic nitrogens is 2. The average molecular weight is 341 g/mol. The van der Waals surface area contributed by atoms with Crippen LogP contribution in [0.2, 0.25) is 5.15 Å². The second-order valence-corrected chi connectivity index (χ2v) is 5.32. The third-order valence-corrected chi connectivity index (χ3v) is 3.70. The molecule has 0 amide bonds. The number of aryl methyl sites for hydroxylation is 1. The lowest BCUT2D eigenvalue weighted by Crippen LogP contribution is -2.23. The van der Waals surface area contributed by atoms with Gasteiger partial charge in [-0.15, -0.1) is 0 Å². The molecule has 0 bridgehead atoms. The highest BCUT2D eigenvalue weighted by atomic mass is 127. The summed E-state index contributed by atoms with van der Waals surface area (Å²) in [6, 6.07) is 0. The van der Waals surface area contributed by atoms with Crippen LogP contribution in [-0.4, -0.2) is 9.55 Å². The van der Waals surface area contributed by atoms with Gasteiger partial charge in [0.15, 0.2) is 0 Å². The minimum Gasteiger partial charge on any atom is -0.298 e. The first-order valence-electron chi connectivity index (χ1n) is 4.92. The zero-order valence-electron chi connectivity index (χ0n) is 8.83. The summed E-state index contributed by atoms with van der Waals surface area (Å²) < 4.78 is 2.12. The molecule has 1 aromatic rings. The summed E-state index contributed by atoms with van der Waals surface area (Å²) in [4.78, 5) is 15.7. The van der Waals surface area contributed by atoms with Crippen LogP contribution in [-0.2, 0) is 6.54 Å². The molecule has 1 aromatic heterocycles. The van der Waals surface area contributed by atoms with Gasteiger partial charge >= 0.3 is 0 Å². The summed E-state index contributed by atoms with van der Waals surface area (Å²) in [5.74, 6) is 0.667. The van der Waals surface area contributed by atoms with Gasteiger partial charge in [0.1, 0.15) is 8.72 Å². The van der Waals surface area contributed by atoms with Gasteiger partial charge in [-0.1, -0.05) is 25.4 Å². The largest absolute Gasteiger partial charge is 0.298 e. The molecule has 1 rings (SSSR count). The molecule has 0 aliphatic carbocycles. The molecule has 0 saturated heterocycles. The van der Waals surface area contributed by atoms with Gasteiger partial charge in [-0.25, -0.2) is 4.98 Å². The Morgan fingerprint density at radius 3 is 2.87 bits per heavy atom. The van der Waals surface area contributed by atoms with Crippen molar-refractivity contribution in [2.24, 2.45) is 5.92 Å². The van der Waals surface area contributed by atoms with E-state index in [1.165, 1.54) is 6.33 Å². The van der Waals surface area contributed by atoms with E-state index in [0.29, 0.717) is 14.6 Å². The molecule has 0 spiro atoms. The van der Waals surface area contributed by atoms with Crippen LogP contribution in [0, 0.1) is 9.49 Å². The van der Waals surface area contributed by atoms with E-state index in [9.17, 15) is 4.79 Å². The first-order chi connectivity index (χ1) is 7.02. The van der Waals surface area contributed by atoms with Gasteiger partial charge in [0.2, 0.25) is 0 Å². The lowest BCUT2D eigenvalue weighted by atomic mass is 10.1. The van der Waals surface area contributed by atoms with Gasteiger partial charge in [0.25, 0.3) is 5.56 Å². The third-order valence-electron chi connectivity index (χ3n) is 2.12. The Labute approximate surface area is 108 Å². The minimum absolute atomic E-state index is 0.0423. The number of halogens is 2. The predicted octanol–water partition coefficient (Wildman–Crippen LogP) is 2.94. The number of nitrogens with zero attached hydrogens (tertiary/aromatic N) is 2. The first kappa shape index (κ1) is 13.0. The van der Waals surface area contributed by atoms with Crippen molar-refractivity contribution < 1.29 is 0 Å². The molecular formula is C10H14ClIN2O. The highest BCUT2D eigenvalue weighted by Crippen LogP contribution is 2.10. The van der Waals surface area contributed by atoms with Crippen LogP contribution < -0.4 is 5.56 Å². The Bertz CT molecular complexity index is 389. The second kappa shape index (κ2) is 5.84. The third kappa shape index (κ3) is 3.75. The molecule has 15 heavy (non-hydrogen) atoms. The highest BCUT2D eigenvalue weighted by molar-refractivity contribution is 14.1. The van der Waals surface area contributed by atoms with Crippen LogP contribution in [0.25, 0.3) is 0 Å². The molecule has 0 N–H and O–H groups in total. The van der Waals surface area contributed by atoms with E-state index in [0.717, 1.165) is 19.4 Å². The Balaban J connectivity index is 2.71. The van der Waals surface area contributed by atoms with Crippen LogP contribution in [0.4, 0.5) is 0 Å². The minimum atomic E-state index is -0.0423. The molecule has 0 atom stereocenters. The first-order valence-corrected chi connectivity index (χ1v) is 6.38. The van der Waals surface area contributed by atoms with Crippen LogP contribution in [0.1, 0.15) is 26.7 Å². The molecule has 1 heterocycles. The predicted molar refractivity (Wildman–Crippen MR) is 70.3 cm³/mol. The molecule has 0 aliphatic rings. The molecule has 0 unspecified atom stereocenters. The normalized spacial score (nSPS) is 11.0. The van der Waals surface area contributed by atoms with Crippen LogP contribution in [0.3, 0.4) is 0 Å². The van der Waals surface area contributed by atoms with Crippen molar-refractivity contribution in [3.63, 3.8) is 0 Å². The molecule has 0 fully saturated rings. The lowest BCUT2D eigenvalue weighted by molar-refractivity contribution is 0.502. The van der Waals surface area contributed by atoms with E-state index in [1.807, 2.05) is 22.6 Å². The fourth-order valence-corrected chi connectivity index (χ4v) is 1.85. The summed E-state index contributed by atoms with van der Waals surface area (Å²) in [5.41, 5.74) is -0.0423. The van der Waals surface area contributed by atoms with Crippen molar-refractivity contribution in [3.8, 4) is 0 Å². The fourth-order valence-electron chi connectivity index (χ4n) is 1.27. The van der Waals surface area contributed by atoms with Crippen molar-refractivity contribution in [2.45, 2.75) is 33.2 Å². The van der Waals surface area contributed by atoms with Crippen LogP contribution in [0.15, 0.2) is 11.1 Å². The van der Waals surface area contributed by atoms with Gasteiger partial charge < -0.3 is 0 Å². The summed E-state index contributed by atoms with van der Waals surface area (Å²) in [7, 11) is 0. The second-order valence-electron chi connectivity index (χ2n) is 3.88. The topological polar surface area (TPSA) is 34.9 Å². The maximum Gasteiger partial charge on any atom is 0.268 e. The highest BCUT2D eigenvalue weighted by Gasteiger charge is 2.06. The van der Waals surface area contributed by atoms with E-state index in [2.05, 4.69) is 18.8 Å². The molecule has 0 saturated carbocycles. The number of hydrogen-bond donors (Lipinski definition) is 0. The monoisotopic (exact) mass is 340 g/mol. The van der Waals surface area contributed by atoms with E-state index >= 15 is 0 Å². The van der Waals surface area contributed by atoms with Gasteiger partial charge in [0, 0.05) is 6.54 Å². The number of rotatable bonds is 4. The van der Waals surface area contributed by atoms with Crippen molar-refractivity contribution in [3.05, 3.63) is 25.4 Å². The molecule has 0 aromatic carbocycles. The van der Waals surface area contributed by atoms with E-state index < -0.39 is 0 Å². The zero-order valence-corrected chi connectivity index (χ0v) is 11.7. The van der Waals surface area contributed by atoms with E-state index in [4.69, 9.17) is 11.6 Å². The smallest absolute Gasteiger partial charge is 0.268 e. The standard InChI is InChI=1S/C10H14ClIN2O/c1-7(2)4-3-5-14-6-13-9(11)8(12)10(14)15/h6-7H,3-5H2,1-2H3. The van der Waals surface area contributed by atoms with Crippen molar-refractivity contribution in [1.29, 1.82) is 0 Å². The van der Waals surface area contributed by atoms with Gasteiger partial charge in [-0.2, -0.15) is 0 Å². The molecule has 84 valence electrons. The summed E-state index contributed by atoms with van der Waals surface area (Å²) in [5, 5.41) is 0.292. The Hall–Kier alpha value is -0.100. The molecule has 0 aliphatic heterocycles. The zero-order chi connectivity index (χ0) is 11.4. The quantitative estimate of drug-likeness (QED) is 0.624. The average Bonchev–Trinajstić information content (AvgIpc) is 2.18. The van der Waals surface area contributed by atoms with Gasteiger partial charge in [0.05, 0.1) is 6.33 Å². The SMILES string of the molecule is CC(C)CCCn1cnc(Cl)c(I)c1=O. The Morgan fingerprint density at radius 1 is 1.60 bits per heavy atom. The maximum atomic E-state index is 11.7. The van der Waals surface area contributed by atoms with Gasteiger partial charge in [-0.3, -0.25) is 9.36 Å². The Morgan fingerprint density at radius 2 is 2.27 bits per heavy atom.